The molecule has 3 rings (SSSR count). The van der Waals surface area contributed by atoms with Crippen molar-refractivity contribution in [2.24, 2.45) is 0 Å². The van der Waals surface area contributed by atoms with E-state index in [1.807, 2.05) is 30.4 Å². The minimum Gasteiger partial charge on any atom is -0.493 e. The number of nitrogens with zero attached hydrogens (tertiary/aromatic N) is 1. The van der Waals surface area contributed by atoms with Crippen molar-refractivity contribution in [1.29, 1.82) is 0 Å². The SMILES string of the molecule is COc1cc(/C=C/c2ccncc2)ccc1OC(=O)c1ccc(F)cc1. The van der Waals surface area contributed by atoms with Crippen LogP contribution in [0.5, 0.6) is 11.5 Å². The number of hydrogen-bond acceptors (Lipinski definition) is 4. The van der Waals surface area contributed by atoms with E-state index < -0.39 is 11.8 Å². The first kappa shape index (κ1) is 17.4. The molecule has 0 aliphatic heterocycles. The molecule has 5 heteroatoms. The largest absolute Gasteiger partial charge is 0.493 e. The minimum atomic E-state index is -0.580. The summed E-state index contributed by atoms with van der Waals surface area (Å²) in [5, 5.41) is 0. The Labute approximate surface area is 150 Å². The number of hydrogen-bond donors (Lipinski definition) is 0. The fourth-order valence-corrected chi connectivity index (χ4v) is 2.28. The molecule has 1 aromatic heterocycles. The van der Waals surface area contributed by atoms with Gasteiger partial charge in [0.1, 0.15) is 5.82 Å². The number of carbonyl (C=O) groups is 1. The van der Waals surface area contributed by atoms with Crippen LogP contribution in [0, 0.1) is 5.82 Å². The number of halogens is 1. The summed E-state index contributed by atoms with van der Waals surface area (Å²) in [4.78, 5) is 16.1. The lowest BCUT2D eigenvalue weighted by Crippen LogP contribution is -2.09. The molecule has 1 heterocycles. The van der Waals surface area contributed by atoms with E-state index in [0.717, 1.165) is 11.1 Å². The summed E-state index contributed by atoms with van der Waals surface area (Å²) >= 11 is 0. The Kier molecular flexibility index (Phi) is 5.39. The van der Waals surface area contributed by atoms with E-state index >= 15 is 0 Å². The number of rotatable bonds is 5. The summed E-state index contributed by atoms with van der Waals surface area (Å²) in [6.45, 7) is 0. The number of methoxy groups -OCH3 is 1. The number of carbonyl (C=O) groups excluding carboxylic acids is 1. The average molecular weight is 349 g/mol. The molecule has 0 fully saturated rings. The van der Waals surface area contributed by atoms with Gasteiger partial charge in [-0.05, 0) is 59.7 Å². The monoisotopic (exact) mass is 349 g/mol. The standard InChI is InChI=1S/C21H16FNO3/c1-25-20-14-16(3-2-15-10-12-23-13-11-15)4-9-19(20)26-21(24)17-5-7-18(22)8-6-17/h2-14H,1H3/b3-2+. The minimum absolute atomic E-state index is 0.259. The van der Waals surface area contributed by atoms with Crippen LogP contribution in [0.3, 0.4) is 0 Å². The van der Waals surface area contributed by atoms with Gasteiger partial charge in [-0.2, -0.15) is 0 Å². The highest BCUT2D eigenvalue weighted by Crippen LogP contribution is 2.29. The number of esters is 1. The van der Waals surface area contributed by atoms with Crippen LogP contribution in [0.4, 0.5) is 4.39 Å². The summed E-state index contributed by atoms with van der Waals surface area (Å²) in [5.74, 6) is -0.270. The highest BCUT2D eigenvalue weighted by molar-refractivity contribution is 5.91. The maximum atomic E-state index is 13.0. The van der Waals surface area contributed by atoms with Crippen LogP contribution >= 0.6 is 0 Å². The van der Waals surface area contributed by atoms with Crippen molar-refractivity contribution in [1.82, 2.24) is 4.98 Å². The molecule has 0 radical (unpaired) electrons. The van der Waals surface area contributed by atoms with Gasteiger partial charge in [0.2, 0.25) is 0 Å². The van der Waals surface area contributed by atoms with Crippen LogP contribution in [0.25, 0.3) is 12.2 Å². The first-order chi connectivity index (χ1) is 12.7. The topological polar surface area (TPSA) is 48.4 Å². The average Bonchev–Trinajstić information content (AvgIpc) is 2.68. The Morgan fingerprint density at radius 2 is 1.62 bits per heavy atom. The Morgan fingerprint density at radius 1 is 0.923 bits per heavy atom. The summed E-state index contributed by atoms with van der Waals surface area (Å²) < 4.78 is 23.6. The molecule has 0 aliphatic carbocycles. The predicted octanol–water partition coefficient (Wildman–Crippen LogP) is 4.62. The molecule has 0 spiro atoms. The van der Waals surface area contributed by atoms with Crippen LogP contribution < -0.4 is 9.47 Å². The lowest BCUT2D eigenvalue weighted by Gasteiger charge is -2.10. The van der Waals surface area contributed by atoms with Gasteiger partial charge in [0.25, 0.3) is 0 Å². The van der Waals surface area contributed by atoms with E-state index in [9.17, 15) is 9.18 Å². The van der Waals surface area contributed by atoms with Crippen LogP contribution in [-0.4, -0.2) is 18.1 Å². The lowest BCUT2D eigenvalue weighted by molar-refractivity contribution is 0.0729. The van der Waals surface area contributed by atoms with Gasteiger partial charge in [-0.15, -0.1) is 0 Å². The normalized spacial score (nSPS) is 10.7. The molecule has 0 unspecified atom stereocenters. The van der Waals surface area contributed by atoms with Crippen molar-refractivity contribution in [3.8, 4) is 11.5 Å². The van der Waals surface area contributed by atoms with E-state index in [0.29, 0.717) is 11.5 Å². The van der Waals surface area contributed by atoms with Crippen molar-refractivity contribution in [2.45, 2.75) is 0 Å². The van der Waals surface area contributed by atoms with Crippen molar-refractivity contribution in [3.63, 3.8) is 0 Å². The number of pyridine rings is 1. The van der Waals surface area contributed by atoms with E-state index in [2.05, 4.69) is 4.98 Å². The molecule has 3 aromatic rings. The third-order valence-corrected chi connectivity index (χ3v) is 3.64. The van der Waals surface area contributed by atoms with Crippen molar-refractivity contribution >= 4 is 18.1 Å². The first-order valence-corrected chi connectivity index (χ1v) is 7.89. The van der Waals surface area contributed by atoms with E-state index in [1.54, 1.807) is 24.5 Å². The van der Waals surface area contributed by atoms with Gasteiger partial charge in [0.05, 0.1) is 12.7 Å². The molecule has 130 valence electrons. The Morgan fingerprint density at radius 3 is 2.31 bits per heavy atom. The van der Waals surface area contributed by atoms with Gasteiger partial charge in [0.15, 0.2) is 11.5 Å². The molecule has 0 amide bonds. The number of benzene rings is 2. The molecule has 0 bridgehead atoms. The van der Waals surface area contributed by atoms with Gasteiger partial charge in [-0.3, -0.25) is 4.98 Å². The van der Waals surface area contributed by atoms with Gasteiger partial charge in [0, 0.05) is 12.4 Å². The maximum Gasteiger partial charge on any atom is 0.343 e. The van der Waals surface area contributed by atoms with E-state index in [4.69, 9.17) is 9.47 Å². The van der Waals surface area contributed by atoms with Gasteiger partial charge >= 0.3 is 5.97 Å². The summed E-state index contributed by atoms with van der Waals surface area (Å²) in [6.07, 6.45) is 7.31. The second kappa shape index (κ2) is 8.07. The summed E-state index contributed by atoms with van der Waals surface area (Å²) in [5.41, 5.74) is 2.17. The molecule has 26 heavy (non-hydrogen) atoms. The van der Waals surface area contributed by atoms with Crippen LogP contribution in [0.15, 0.2) is 67.0 Å². The molecule has 2 aromatic carbocycles. The molecule has 0 saturated heterocycles. The lowest BCUT2D eigenvalue weighted by atomic mass is 10.1. The van der Waals surface area contributed by atoms with Gasteiger partial charge in [-0.25, -0.2) is 9.18 Å². The summed E-state index contributed by atoms with van der Waals surface area (Å²) in [7, 11) is 1.50. The van der Waals surface area contributed by atoms with Crippen LogP contribution in [0.2, 0.25) is 0 Å². The molecular weight excluding hydrogens is 333 g/mol. The van der Waals surface area contributed by atoms with Crippen molar-refractivity contribution in [3.05, 3.63) is 89.5 Å². The number of aromatic nitrogens is 1. The number of ether oxygens (including phenoxy) is 2. The van der Waals surface area contributed by atoms with Crippen LogP contribution in [-0.2, 0) is 0 Å². The predicted molar refractivity (Wildman–Crippen MR) is 97.5 cm³/mol. The van der Waals surface area contributed by atoms with Gasteiger partial charge in [-0.1, -0.05) is 18.2 Å². The highest BCUT2D eigenvalue weighted by Gasteiger charge is 2.12. The fourth-order valence-electron chi connectivity index (χ4n) is 2.28. The molecule has 0 atom stereocenters. The molecular formula is C21H16FNO3. The summed E-state index contributed by atoms with van der Waals surface area (Å²) in [6, 6.07) is 14.2. The molecule has 4 nitrogen and oxygen atoms in total. The zero-order valence-electron chi connectivity index (χ0n) is 14.1. The first-order valence-electron chi connectivity index (χ1n) is 7.89. The zero-order valence-corrected chi connectivity index (χ0v) is 14.1. The van der Waals surface area contributed by atoms with Gasteiger partial charge < -0.3 is 9.47 Å². The highest BCUT2D eigenvalue weighted by atomic mass is 19.1. The molecule has 0 N–H and O–H groups in total. The smallest absolute Gasteiger partial charge is 0.343 e. The van der Waals surface area contributed by atoms with Crippen LogP contribution in [0.1, 0.15) is 21.5 Å². The fraction of sp³-hybridized carbons (Fsp3) is 0.0476. The molecule has 0 aliphatic rings. The third kappa shape index (κ3) is 4.33. The maximum absolute atomic E-state index is 13.0. The Balaban J connectivity index is 1.77. The third-order valence-electron chi connectivity index (χ3n) is 3.64. The van der Waals surface area contributed by atoms with Crippen molar-refractivity contribution < 1.29 is 18.7 Å². The van der Waals surface area contributed by atoms with E-state index in [1.165, 1.54) is 31.4 Å². The second-order valence-corrected chi connectivity index (χ2v) is 5.42. The molecule has 0 saturated carbocycles. The Hall–Kier alpha value is -3.47. The quantitative estimate of drug-likeness (QED) is 0.498. The Bertz CT molecular complexity index is 922. The van der Waals surface area contributed by atoms with E-state index in [-0.39, 0.29) is 5.56 Å². The zero-order chi connectivity index (χ0) is 18.4. The van der Waals surface area contributed by atoms with Crippen molar-refractivity contribution in [2.75, 3.05) is 7.11 Å². The second-order valence-electron chi connectivity index (χ2n) is 5.42.